The lowest BCUT2D eigenvalue weighted by atomic mass is 10.2. The predicted octanol–water partition coefficient (Wildman–Crippen LogP) is 1.42. The summed E-state index contributed by atoms with van der Waals surface area (Å²) >= 11 is 0. The van der Waals surface area contributed by atoms with Crippen molar-refractivity contribution in [3.05, 3.63) is 29.8 Å². The molecule has 1 heterocycles. The quantitative estimate of drug-likeness (QED) is 0.827. The number of halogens is 2. The predicted molar refractivity (Wildman–Crippen MR) is 75.0 cm³/mol. The van der Waals surface area contributed by atoms with Crippen LogP contribution in [0.3, 0.4) is 0 Å². The zero-order valence-corrected chi connectivity index (χ0v) is 12.8. The fraction of sp³-hybridized carbons (Fsp3) is 0.500. The van der Waals surface area contributed by atoms with Gasteiger partial charge >= 0.3 is 0 Å². The molecule has 1 aromatic carbocycles. The van der Waals surface area contributed by atoms with E-state index in [1.165, 1.54) is 6.92 Å². The number of carbonyl (C=O) groups excluding carboxylic acids is 1. The summed E-state index contributed by atoms with van der Waals surface area (Å²) in [6.07, 6.45) is 1.61. The highest BCUT2D eigenvalue weighted by Gasteiger charge is 2.31. The van der Waals surface area contributed by atoms with E-state index in [1.54, 1.807) is 0 Å². The Labute approximate surface area is 127 Å². The summed E-state index contributed by atoms with van der Waals surface area (Å²) in [5.41, 5.74) is 0. The van der Waals surface area contributed by atoms with Crippen LogP contribution in [-0.2, 0) is 19.4 Å². The summed E-state index contributed by atoms with van der Waals surface area (Å²) in [5.74, 6) is -3.11. The van der Waals surface area contributed by atoms with Gasteiger partial charge in [-0.1, -0.05) is 0 Å². The third kappa shape index (κ3) is 3.61. The summed E-state index contributed by atoms with van der Waals surface area (Å²) in [7, 11) is -4.08. The van der Waals surface area contributed by atoms with Crippen LogP contribution in [0.4, 0.5) is 8.78 Å². The van der Waals surface area contributed by atoms with E-state index in [0.717, 1.165) is 25.0 Å². The minimum absolute atomic E-state index is 0.109. The summed E-state index contributed by atoms with van der Waals surface area (Å²) < 4.78 is 55.9. The van der Waals surface area contributed by atoms with Crippen LogP contribution in [0.1, 0.15) is 19.8 Å². The number of ether oxygens (including phenoxy) is 1. The molecule has 0 aliphatic carbocycles. The van der Waals surface area contributed by atoms with Crippen molar-refractivity contribution in [3.8, 4) is 0 Å². The number of carbonyl (C=O) groups is 1. The maximum atomic E-state index is 13.2. The minimum atomic E-state index is -4.08. The third-order valence-electron chi connectivity index (χ3n) is 3.58. The standard InChI is InChI=1S/C14H17F2NO4S/c1-9(14(18)17-8-10-3-2-6-21-10)22(19,20)11-4-5-12(15)13(16)7-11/h4-5,7,9-10H,2-3,6,8H2,1H3,(H,17,18)/t9-,10+/m1/s1. The van der Waals surface area contributed by atoms with Gasteiger partial charge in [-0.25, -0.2) is 17.2 Å². The zero-order valence-electron chi connectivity index (χ0n) is 12.0. The van der Waals surface area contributed by atoms with Crippen LogP contribution in [-0.4, -0.2) is 38.8 Å². The van der Waals surface area contributed by atoms with Crippen LogP contribution in [0.25, 0.3) is 0 Å². The lowest BCUT2D eigenvalue weighted by Crippen LogP contribution is -2.41. The molecule has 1 saturated heterocycles. The SMILES string of the molecule is C[C@H](C(=O)NC[C@@H]1CCCO1)S(=O)(=O)c1ccc(F)c(F)c1. The van der Waals surface area contributed by atoms with Crippen LogP contribution in [0.2, 0.25) is 0 Å². The van der Waals surface area contributed by atoms with E-state index in [4.69, 9.17) is 4.74 Å². The minimum Gasteiger partial charge on any atom is -0.376 e. The van der Waals surface area contributed by atoms with Crippen molar-refractivity contribution in [2.75, 3.05) is 13.2 Å². The van der Waals surface area contributed by atoms with Crippen LogP contribution in [0.15, 0.2) is 23.1 Å². The van der Waals surface area contributed by atoms with Gasteiger partial charge in [0.2, 0.25) is 5.91 Å². The number of amides is 1. The first-order valence-corrected chi connectivity index (χ1v) is 8.45. The second-order valence-corrected chi connectivity index (χ2v) is 7.41. The molecule has 1 aromatic rings. The summed E-state index contributed by atoms with van der Waals surface area (Å²) in [6.45, 7) is 2.07. The number of benzene rings is 1. The molecule has 0 bridgehead atoms. The Morgan fingerprint density at radius 2 is 2.14 bits per heavy atom. The molecule has 122 valence electrons. The van der Waals surface area contributed by atoms with Crippen molar-refractivity contribution < 1.29 is 26.7 Å². The fourth-order valence-electron chi connectivity index (χ4n) is 2.16. The molecule has 0 radical (unpaired) electrons. The molecule has 2 rings (SSSR count). The first-order valence-electron chi connectivity index (χ1n) is 6.90. The van der Waals surface area contributed by atoms with E-state index in [2.05, 4.69) is 5.32 Å². The molecule has 5 nitrogen and oxygen atoms in total. The molecule has 22 heavy (non-hydrogen) atoms. The van der Waals surface area contributed by atoms with Crippen LogP contribution in [0.5, 0.6) is 0 Å². The van der Waals surface area contributed by atoms with E-state index in [9.17, 15) is 22.0 Å². The van der Waals surface area contributed by atoms with Gasteiger partial charge in [-0.15, -0.1) is 0 Å². The summed E-state index contributed by atoms with van der Waals surface area (Å²) in [6, 6.07) is 2.24. The molecular weight excluding hydrogens is 316 g/mol. The van der Waals surface area contributed by atoms with Crippen molar-refractivity contribution in [2.24, 2.45) is 0 Å². The Morgan fingerprint density at radius 3 is 2.73 bits per heavy atom. The van der Waals surface area contributed by atoms with E-state index in [-0.39, 0.29) is 12.6 Å². The molecule has 2 atom stereocenters. The number of hydrogen-bond acceptors (Lipinski definition) is 4. The Bertz CT molecular complexity index is 657. The highest BCUT2D eigenvalue weighted by atomic mass is 32.2. The van der Waals surface area contributed by atoms with Gasteiger partial charge in [0, 0.05) is 13.2 Å². The van der Waals surface area contributed by atoms with Crippen LogP contribution < -0.4 is 5.32 Å². The Hall–Kier alpha value is -1.54. The van der Waals surface area contributed by atoms with Crippen LogP contribution in [0, 0.1) is 11.6 Å². The van der Waals surface area contributed by atoms with Gasteiger partial charge in [-0.05, 0) is 38.0 Å². The smallest absolute Gasteiger partial charge is 0.238 e. The van der Waals surface area contributed by atoms with Gasteiger partial charge in [-0.2, -0.15) is 0 Å². The number of hydrogen-bond donors (Lipinski definition) is 1. The second-order valence-electron chi connectivity index (χ2n) is 5.14. The fourth-order valence-corrected chi connectivity index (χ4v) is 3.46. The molecule has 1 aliphatic rings. The molecule has 0 spiro atoms. The molecule has 1 amide bonds. The van der Waals surface area contributed by atoms with Crippen molar-refractivity contribution in [1.82, 2.24) is 5.32 Å². The Kier molecular flexibility index (Phi) is 5.12. The second kappa shape index (κ2) is 6.70. The van der Waals surface area contributed by atoms with Crippen molar-refractivity contribution in [3.63, 3.8) is 0 Å². The largest absolute Gasteiger partial charge is 0.376 e. The molecule has 1 fully saturated rings. The highest BCUT2D eigenvalue weighted by Crippen LogP contribution is 2.19. The first kappa shape index (κ1) is 16.8. The topological polar surface area (TPSA) is 72.5 Å². The van der Waals surface area contributed by atoms with Gasteiger partial charge in [0.05, 0.1) is 11.0 Å². The van der Waals surface area contributed by atoms with Crippen molar-refractivity contribution in [2.45, 2.75) is 36.0 Å². The zero-order chi connectivity index (χ0) is 16.3. The van der Waals surface area contributed by atoms with E-state index in [0.29, 0.717) is 12.7 Å². The van der Waals surface area contributed by atoms with E-state index in [1.807, 2.05) is 0 Å². The molecular formula is C14H17F2NO4S. The molecule has 0 unspecified atom stereocenters. The normalized spacial score (nSPS) is 19.9. The average Bonchev–Trinajstić information content (AvgIpc) is 3.00. The van der Waals surface area contributed by atoms with Gasteiger partial charge in [0.1, 0.15) is 5.25 Å². The molecule has 0 saturated carbocycles. The third-order valence-corrected chi connectivity index (χ3v) is 5.64. The lowest BCUT2D eigenvalue weighted by molar-refractivity contribution is -0.120. The van der Waals surface area contributed by atoms with Crippen LogP contribution >= 0.6 is 0 Å². The average molecular weight is 333 g/mol. The Balaban J connectivity index is 2.06. The molecule has 8 heteroatoms. The summed E-state index contributed by atoms with van der Waals surface area (Å²) in [5, 5.41) is 1.11. The number of rotatable bonds is 5. The van der Waals surface area contributed by atoms with E-state index >= 15 is 0 Å². The molecule has 1 aliphatic heterocycles. The van der Waals surface area contributed by atoms with Gasteiger partial charge < -0.3 is 10.1 Å². The molecule has 1 N–H and O–H groups in total. The first-order chi connectivity index (χ1) is 10.3. The van der Waals surface area contributed by atoms with Crippen molar-refractivity contribution in [1.29, 1.82) is 0 Å². The number of sulfone groups is 1. The maximum absolute atomic E-state index is 13.2. The van der Waals surface area contributed by atoms with Gasteiger partial charge in [0.25, 0.3) is 0 Å². The van der Waals surface area contributed by atoms with E-state index < -0.39 is 37.5 Å². The molecule has 0 aromatic heterocycles. The lowest BCUT2D eigenvalue weighted by Gasteiger charge is -2.15. The van der Waals surface area contributed by atoms with Crippen molar-refractivity contribution >= 4 is 15.7 Å². The maximum Gasteiger partial charge on any atom is 0.238 e. The van der Waals surface area contributed by atoms with Gasteiger partial charge in [-0.3, -0.25) is 4.79 Å². The Morgan fingerprint density at radius 1 is 1.41 bits per heavy atom. The monoisotopic (exact) mass is 333 g/mol. The van der Waals surface area contributed by atoms with Gasteiger partial charge in [0.15, 0.2) is 21.5 Å². The number of nitrogens with one attached hydrogen (secondary N) is 1. The summed E-state index contributed by atoms with van der Waals surface area (Å²) in [4.78, 5) is 11.5. The highest BCUT2D eigenvalue weighted by molar-refractivity contribution is 7.92.